The number of piperazine rings is 1. The van der Waals surface area contributed by atoms with Crippen LogP contribution in [0, 0.1) is 0 Å². The number of rotatable bonds is 4. The first-order valence-electron chi connectivity index (χ1n) is 9.08. The Labute approximate surface area is 130 Å². The lowest BCUT2D eigenvalue weighted by Crippen LogP contribution is -2.64. The molecule has 2 unspecified atom stereocenters. The van der Waals surface area contributed by atoms with Gasteiger partial charge in [-0.15, -0.1) is 0 Å². The van der Waals surface area contributed by atoms with Gasteiger partial charge >= 0.3 is 0 Å². The minimum absolute atomic E-state index is 0.407. The summed E-state index contributed by atoms with van der Waals surface area (Å²) in [5.74, 6) is 0. The second-order valence-corrected chi connectivity index (χ2v) is 7.25. The van der Waals surface area contributed by atoms with Crippen LogP contribution in [0.1, 0.15) is 46.0 Å². The van der Waals surface area contributed by atoms with Crippen LogP contribution in [-0.4, -0.2) is 73.4 Å². The van der Waals surface area contributed by atoms with Crippen LogP contribution in [0.4, 0.5) is 0 Å². The molecule has 4 heteroatoms. The van der Waals surface area contributed by atoms with Gasteiger partial charge in [0.1, 0.15) is 0 Å². The third kappa shape index (κ3) is 3.61. The molecular formula is C17H33N3O. The summed E-state index contributed by atoms with van der Waals surface area (Å²) < 4.78 is 6.05. The molecule has 0 amide bonds. The number of nitrogens with zero attached hydrogens (tertiary/aromatic N) is 2. The topological polar surface area (TPSA) is 27.7 Å². The van der Waals surface area contributed by atoms with Crippen molar-refractivity contribution in [1.29, 1.82) is 0 Å². The maximum atomic E-state index is 6.05. The second kappa shape index (κ2) is 6.95. The highest BCUT2D eigenvalue weighted by Gasteiger charge is 2.41. The van der Waals surface area contributed by atoms with E-state index in [9.17, 15) is 0 Å². The third-order valence-electron chi connectivity index (χ3n) is 5.88. The van der Waals surface area contributed by atoms with Crippen LogP contribution in [0.2, 0.25) is 0 Å². The molecule has 3 rings (SSSR count). The van der Waals surface area contributed by atoms with E-state index < -0.39 is 0 Å². The van der Waals surface area contributed by atoms with Gasteiger partial charge in [-0.2, -0.15) is 0 Å². The Balaban J connectivity index is 1.60. The summed E-state index contributed by atoms with van der Waals surface area (Å²) in [5.41, 5.74) is 0.421. The number of ether oxygens (including phenoxy) is 1. The molecule has 122 valence electrons. The predicted octanol–water partition coefficient (Wildman–Crippen LogP) is 1.70. The maximum absolute atomic E-state index is 6.05. The van der Waals surface area contributed by atoms with Gasteiger partial charge < -0.3 is 10.1 Å². The van der Waals surface area contributed by atoms with Crippen molar-refractivity contribution >= 4 is 0 Å². The fourth-order valence-corrected chi connectivity index (χ4v) is 4.48. The van der Waals surface area contributed by atoms with Crippen molar-refractivity contribution in [3.63, 3.8) is 0 Å². The van der Waals surface area contributed by atoms with E-state index in [0.717, 1.165) is 32.8 Å². The van der Waals surface area contributed by atoms with E-state index in [0.29, 0.717) is 17.7 Å². The van der Waals surface area contributed by atoms with Crippen molar-refractivity contribution in [3.05, 3.63) is 0 Å². The molecule has 2 atom stereocenters. The minimum atomic E-state index is 0.407. The maximum Gasteiger partial charge on any atom is 0.0829 e. The Morgan fingerprint density at radius 3 is 2.76 bits per heavy atom. The predicted molar refractivity (Wildman–Crippen MR) is 86.7 cm³/mol. The van der Waals surface area contributed by atoms with Crippen LogP contribution in [-0.2, 0) is 4.74 Å². The van der Waals surface area contributed by atoms with Crippen molar-refractivity contribution in [2.24, 2.45) is 0 Å². The van der Waals surface area contributed by atoms with Crippen LogP contribution in [0.5, 0.6) is 0 Å². The number of likely N-dealkylation sites (N-methyl/N-ethyl adjacent to an activating group) is 1. The van der Waals surface area contributed by atoms with Gasteiger partial charge in [-0.05, 0) is 25.8 Å². The Kier molecular flexibility index (Phi) is 5.20. The summed E-state index contributed by atoms with van der Waals surface area (Å²) in [6.45, 7) is 12.4. The lowest BCUT2D eigenvalue weighted by molar-refractivity contribution is -0.0570. The van der Waals surface area contributed by atoms with Crippen LogP contribution in [0.15, 0.2) is 0 Å². The van der Waals surface area contributed by atoms with Crippen LogP contribution in [0.3, 0.4) is 0 Å². The molecule has 1 spiro atoms. The van der Waals surface area contributed by atoms with Gasteiger partial charge in [-0.3, -0.25) is 9.80 Å². The Morgan fingerprint density at radius 1 is 1.24 bits per heavy atom. The van der Waals surface area contributed by atoms with E-state index in [2.05, 4.69) is 29.0 Å². The van der Waals surface area contributed by atoms with Crippen molar-refractivity contribution in [2.45, 2.75) is 63.6 Å². The molecule has 0 aromatic heterocycles. The molecular weight excluding hydrogens is 262 g/mol. The Hall–Kier alpha value is -0.160. The summed E-state index contributed by atoms with van der Waals surface area (Å²) >= 11 is 0. The number of nitrogens with one attached hydrogen (secondary N) is 1. The third-order valence-corrected chi connectivity index (χ3v) is 5.88. The molecule has 3 fully saturated rings. The molecule has 1 N–H and O–H groups in total. The quantitative estimate of drug-likeness (QED) is 0.854. The van der Waals surface area contributed by atoms with E-state index in [1.807, 2.05) is 0 Å². The summed E-state index contributed by atoms with van der Waals surface area (Å²) in [7, 11) is 0. The highest BCUT2D eigenvalue weighted by Crippen LogP contribution is 2.33. The Morgan fingerprint density at radius 2 is 2.05 bits per heavy atom. The molecule has 2 aliphatic heterocycles. The summed E-state index contributed by atoms with van der Waals surface area (Å²) in [5, 5.41) is 3.89. The zero-order valence-electron chi connectivity index (χ0n) is 13.9. The average Bonchev–Trinajstić information content (AvgIpc) is 2.96. The van der Waals surface area contributed by atoms with Crippen molar-refractivity contribution in [2.75, 3.05) is 45.9 Å². The molecule has 4 nitrogen and oxygen atoms in total. The molecule has 2 saturated heterocycles. The van der Waals surface area contributed by atoms with E-state index in [4.69, 9.17) is 4.74 Å². The van der Waals surface area contributed by atoms with Gasteiger partial charge in [-0.25, -0.2) is 0 Å². The standard InChI is InChI=1S/C17H33N3O/c1-3-15-11-18-17(7-5-6-8-17)14-20(15)13-16-12-19(4-2)9-10-21-16/h15-16,18H,3-14H2,1-2H3. The van der Waals surface area contributed by atoms with Crippen LogP contribution in [0.25, 0.3) is 0 Å². The molecule has 0 aromatic carbocycles. The van der Waals surface area contributed by atoms with Crippen molar-refractivity contribution in [1.82, 2.24) is 15.1 Å². The Bertz CT molecular complexity index is 330. The molecule has 0 bridgehead atoms. The van der Waals surface area contributed by atoms with E-state index in [-0.39, 0.29) is 0 Å². The van der Waals surface area contributed by atoms with Gasteiger partial charge in [0.2, 0.25) is 0 Å². The summed E-state index contributed by atoms with van der Waals surface area (Å²) in [4.78, 5) is 5.27. The molecule has 1 aliphatic carbocycles. The van der Waals surface area contributed by atoms with Gasteiger partial charge in [0.05, 0.1) is 12.7 Å². The van der Waals surface area contributed by atoms with E-state index in [1.54, 1.807) is 0 Å². The smallest absolute Gasteiger partial charge is 0.0829 e. The number of morpholine rings is 1. The molecule has 21 heavy (non-hydrogen) atoms. The van der Waals surface area contributed by atoms with Crippen LogP contribution >= 0.6 is 0 Å². The lowest BCUT2D eigenvalue weighted by Gasteiger charge is -2.48. The fourth-order valence-electron chi connectivity index (χ4n) is 4.48. The highest BCUT2D eigenvalue weighted by molar-refractivity contribution is 5.01. The second-order valence-electron chi connectivity index (χ2n) is 7.25. The van der Waals surface area contributed by atoms with E-state index >= 15 is 0 Å². The molecule has 1 saturated carbocycles. The highest BCUT2D eigenvalue weighted by atomic mass is 16.5. The fraction of sp³-hybridized carbons (Fsp3) is 1.00. The SMILES string of the molecule is CCC1CNC2(CCCC2)CN1CC1CN(CC)CCO1. The van der Waals surface area contributed by atoms with Crippen molar-refractivity contribution < 1.29 is 4.74 Å². The summed E-state index contributed by atoms with van der Waals surface area (Å²) in [6, 6.07) is 0.692. The first kappa shape index (κ1) is 15.7. The van der Waals surface area contributed by atoms with Crippen molar-refractivity contribution in [3.8, 4) is 0 Å². The zero-order chi connectivity index (χ0) is 14.7. The van der Waals surface area contributed by atoms with Gasteiger partial charge in [0, 0.05) is 44.3 Å². The summed E-state index contributed by atoms with van der Waals surface area (Å²) in [6.07, 6.45) is 7.19. The molecule has 2 heterocycles. The first-order chi connectivity index (χ1) is 10.2. The average molecular weight is 295 g/mol. The molecule has 0 aromatic rings. The first-order valence-corrected chi connectivity index (χ1v) is 9.08. The van der Waals surface area contributed by atoms with Gasteiger partial charge in [-0.1, -0.05) is 26.7 Å². The largest absolute Gasteiger partial charge is 0.374 e. The monoisotopic (exact) mass is 295 g/mol. The normalized spacial score (nSPS) is 34.6. The zero-order valence-corrected chi connectivity index (χ0v) is 13.9. The van der Waals surface area contributed by atoms with Crippen LogP contribution < -0.4 is 5.32 Å². The lowest BCUT2D eigenvalue weighted by atomic mass is 9.91. The minimum Gasteiger partial charge on any atom is -0.374 e. The van der Waals surface area contributed by atoms with E-state index in [1.165, 1.54) is 45.2 Å². The van der Waals surface area contributed by atoms with Gasteiger partial charge in [0.25, 0.3) is 0 Å². The number of hydrogen-bond acceptors (Lipinski definition) is 4. The number of hydrogen-bond donors (Lipinski definition) is 1. The van der Waals surface area contributed by atoms with Gasteiger partial charge in [0.15, 0.2) is 0 Å². The molecule has 0 radical (unpaired) electrons. The molecule has 3 aliphatic rings.